The molecule has 9 nitrogen and oxygen atoms in total. The molecule has 168 valence electrons. The standard InChI is InChI=1S/C22H27N7O2S/c1-16-15-24-22(27-21(16)25-18-4-3-5-20(14-18)32(23,30)31)26-17-6-8-19(9-7-17)29-12-10-28(2)11-13-29/h3-9,14-15H,10-13H2,1-2H3,(H2,23,30,31)(H2,24,25,26,27). The first kappa shape index (κ1) is 22.0. The van der Waals surface area contributed by atoms with E-state index >= 15 is 0 Å². The maximum atomic E-state index is 11.6. The normalized spacial score (nSPS) is 14.9. The number of sulfonamides is 1. The van der Waals surface area contributed by atoms with Gasteiger partial charge in [0, 0.05) is 55.0 Å². The highest BCUT2D eigenvalue weighted by molar-refractivity contribution is 7.89. The van der Waals surface area contributed by atoms with Gasteiger partial charge >= 0.3 is 0 Å². The molecule has 0 saturated carbocycles. The van der Waals surface area contributed by atoms with Crippen molar-refractivity contribution in [2.24, 2.45) is 5.14 Å². The highest BCUT2D eigenvalue weighted by atomic mass is 32.2. The third-order valence-electron chi connectivity index (χ3n) is 5.39. The minimum Gasteiger partial charge on any atom is -0.369 e. The van der Waals surface area contributed by atoms with Crippen molar-refractivity contribution in [3.63, 3.8) is 0 Å². The van der Waals surface area contributed by atoms with E-state index < -0.39 is 10.0 Å². The first-order chi connectivity index (χ1) is 15.3. The number of rotatable bonds is 6. The van der Waals surface area contributed by atoms with Crippen molar-refractivity contribution in [2.45, 2.75) is 11.8 Å². The molecule has 32 heavy (non-hydrogen) atoms. The Balaban J connectivity index is 1.47. The maximum absolute atomic E-state index is 11.6. The van der Waals surface area contributed by atoms with Crippen LogP contribution in [-0.4, -0.2) is 56.5 Å². The second-order valence-corrected chi connectivity index (χ2v) is 9.45. The van der Waals surface area contributed by atoms with E-state index in [-0.39, 0.29) is 4.90 Å². The zero-order chi connectivity index (χ0) is 22.7. The number of nitrogens with two attached hydrogens (primary N) is 1. The third-order valence-corrected chi connectivity index (χ3v) is 6.30. The van der Waals surface area contributed by atoms with Crippen LogP contribution in [0.2, 0.25) is 0 Å². The van der Waals surface area contributed by atoms with Crippen LogP contribution in [0.15, 0.2) is 59.6 Å². The quantitative estimate of drug-likeness (QED) is 0.522. The fourth-order valence-corrected chi connectivity index (χ4v) is 4.03. The Bertz CT molecular complexity index is 1190. The van der Waals surface area contributed by atoms with Crippen molar-refractivity contribution in [2.75, 3.05) is 48.8 Å². The van der Waals surface area contributed by atoms with Gasteiger partial charge in [0.1, 0.15) is 5.82 Å². The van der Waals surface area contributed by atoms with Crippen LogP contribution in [0, 0.1) is 6.92 Å². The fourth-order valence-electron chi connectivity index (χ4n) is 3.47. The van der Waals surface area contributed by atoms with Crippen LogP contribution in [0.5, 0.6) is 0 Å². The molecular formula is C22H27N7O2S. The largest absolute Gasteiger partial charge is 0.369 e. The Labute approximate surface area is 188 Å². The number of nitrogens with zero attached hydrogens (tertiary/aromatic N) is 4. The lowest BCUT2D eigenvalue weighted by molar-refractivity contribution is 0.313. The molecule has 1 aromatic heterocycles. The molecule has 0 amide bonds. The van der Waals surface area contributed by atoms with Crippen LogP contribution in [0.25, 0.3) is 0 Å². The maximum Gasteiger partial charge on any atom is 0.238 e. The Kier molecular flexibility index (Phi) is 6.26. The molecule has 10 heteroatoms. The Morgan fingerprint density at radius 3 is 2.38 bits per heavy atom. The van der Waals surface area contributed by atoms with E-state index in [2.05, 4.69) is 49.6 Å². The van der Waals surface area contributed by atoms with Gasteiger partial charge in [0.2, 0.25) is 16.0 Å². The van der Waals surface area contributed by atoms with Crippen molar-refractivity contribution in [3.8, 4) is 0 Å². The van der Waals surface area contributed by atoms with Gasteiger partial charge in [-0.1, -0.05) is 6.07 Å². The molecule has 1 fully saturated rings. The summed E-state index contributed by atoms with van der Waals surface area (Å²) in [4.78, 5) is 13.6. The zero-order valence-corrected chi connectivity index (χ0v) is 18.9. The van der Waals surface area contributed by atoms with Crippen LogP contribution in [0.3, 0.4) is 0 Å². The number of aromatic nitrogens is 2. The van der Waals surface area contributed by atoms with E-state index in [1.807, 2.05) is 19.1 Å². The molecule has 0 unspecified atom stereocenters. The Hall–Kier alpha value is -3.21. The highest BCUT2D eigenvalue weighted by Gasteiger charge is 2.14. The molecule has 3 aromatic rings. The van der Waals surface area contributed by atoms with E-state index in [0.29, 0.717) is 17.5 Å². The number of primary sulfonamides is 1. The number of aryl methyl sites for hydroxylation is 1. The topological polar surface area (TPSA) is 116 Å². The third kappa shape index (κ3) is 5.34. The molecule has 2 heterocycles. The van der Waals surface area contributed by atoms with Crippen molar-refractivity contribution < 1.29 is 8.42 Å². The number of benzene rings is 2. The van der Waals surface area contributed by atoms with Gasteiger partial charge in [-0.25, -0.2) is 18.5 Å². The van der Waals surface area contributed by atoms with Gasteiger partial charge in [0.25, 0.3) is 0 Å². The lowest BCUT2D eigenvalue weighted by Crippen LogP contribution is -2.44. The van der Waals surface area contributed by atoms with Gasteiger partial charge in [0.15, 0.2) is 0 Å². The molecule has 0 bridgehead atoms. The molecule has 4 rings (SSSR count). The predicted octanol–water partition coefficient (Wildman–Crippen LogP) is 2.67. The monoisotopic (exact) mass is 453 g/mol. The summed E-state index contributed by atoms with van der Waals surface area (Å²) in [6.45, 7) is 6.04. The summed E-state index contributed by atoms with van der Waals surface area (Å²) in [5.41, 5.74) is 3.47. The molecule has 0 spiro atoms. The second-order valence-electron chi connectivity index (χ2n) is 7.89. The van der Waals surface area contributed by atoms with E-state index in [9.17, 15) is 8.42 Å². The number of hydrogen-bond donors (Lipinski definition) is 3. The second kappa shape index (κ2) is 9.11. The summed E-state index contributed by atoms with van der Waals surface area (Å²) < 4.78 is 23.2. The molecule has 1 aliphatic heterocycles. The molecular weight excluding hydrogens is 426 g/mol. The van der Waals surface area contributed by atoms with E-state index in [0.717, 1.165) is 37.4 Å². The summed E-state index contributed by atoms with van der Waals surface area (Å²) in [5.74, 6) is 1.01. The average Bonchev–Trinajstić information content (AvgIpc) is 2.77. The summed E-state index contributed by atoms with van der Waals surface area (Å²) >= 11 is 0. The lowest BCUT2D eigenvalue weighted by Gasteiger charge is -2.34. The van der Waals surface area contributed by atoms with Crippen LogP contribution >= 0.6 is 0 Å². The van der Waals surface area contributed by atoms with E-state index in [4.69, 9.17) is 5.14 Å². The minimum atomic E-state index is -3.78. The summed E-state index contributed by atoms with van der Waals surface area (Å²) in [5, 5.41) is 11.6. The molecule has 0 aliphatic carbocycles. The van der Waals surface area contributed by atoms with Gasteiger partial charge in [-0.05, 0) is 56.4 Å². The predicted molar refractivity (Wildman–Crippen MR) is 127 cm³/mol. The Morgan fingerprint density at radius 1 is 0.969 bits per heavy atom. The van der Waals surface area contributed by atoms with Crippen LogP contribution < -0.4 is 20.7 Å². The van der Waals surface area contributed by atoms with Crippen molar-refractivity contribution >= 4 is 38.9 Å². The summed E-state index contributed by atoms with van der Waals surface area (Å²) in [6, 6.07) is 14.5. The minimum absolute atomic E-state index is 0.0352. The average molecular weight is 454 g/mol. The number of piperazine rings is 1. The molecule has 1 aliphatic rings. The SMILES string of the molecule is Cc1cnc(Nc2ccc(N3CCN(C)CC3)cc2)nc1Nc1cccc(S(N)(=O)=O)c1. The highest BCUT2D eigenvalue weighted by Crippen LogP contribution is 2.24. The zero-order valence-electron chi connectivity index (χ0n) is 18.1. The van der Waals surface area contributed by atoms with E-state index in [1.54, 1.807) is 18.3 Å². The number of anilines is 5. The molecule has 1 saturated heterocycles. The Morgan fingerprint density at radius 2 is 1.69 bits per heavy atom. The number of likely N-dealkylation sites (N-methyl/N-ethyl adjacent to an activating group) is 1. The van der Waals surface area contributed by atoms with Gasteiger partial charge in [-0.3, -0.25) is 0 Å². The summed E-state index contributed by atoms with van der Waals surface area (Å²) in [6.07, 6.45) is 1.71. The fraction of sp³-hybridized carbons (Fsp3) is 0.273. The van der Waals surface area contributed by atoms with Crippen LogP contribution in [0.4, 0.5) is 28.8 Å². The molecule has 0 radical (unpaired) electrons. The van der Waals surface area contributed by atoms with Gasteiger partial charge in [0.05, 0.1) is 4.90 Å². The number of hydrogen-bond acceptors (Lipinski definition) is 8. The van der Waals surface area contributed by atoms with Crippen molar-refractivity contribution in [1.82, 2.24) is 14.9 Å². The van der Waals surface area contributed by atoms with Crippen molar-refractivity contribution in [1.29, 1.82) is 0 Å². The van der Waals surface area contributed by atoms with Gasteiger partial charge in [-0.2, -0.15) is 4.98 Å². The summed E-state index contributed by atoms with van der Waals surface area (Å²) in [7, 11) is -1.64. The lowest BCUT2D eigenvalue weighted by atomic mass is 10.2. The van der Waals surface area contributed by atoms with Crippen LogP contribution in [-0.2, 0) is 10.0 Å². The number of nitrogens with one attached hydrogen (secondary N) is 2. The smallest absolute Gasteiger partial charge is 0.238 e. The van der Waals surface area contributed by atoms with Crippen molar-refractivity contribution in [3.05, 3.63) is 60.3 Å². The van der Waals surface area contributed by atoms with E-state index in [1.165, 1.54) is 17.8 Å². The molecule has 0 atom stereocenters. The first-order valence-corrected chi connectivity index (χ1v) is 11.9. The molecule has 4 N–H and O–H groups in total. The van der Waals surface area contributed by atoms with Gasteiger partial charge < -0.3 is 20.4 Å². The van der Waals surface area contributed by atoms with Gasteiger partial charge in [-0.15, -0.1) is 0 Å². The molecule has 2 aromatic carbocycles. The van der Waals surface area contributed by atoms with Crippen LogP contribution in [0.1, 0.15) is 5.56 Å². The first-order valence-electron chi connectivity index (χ1n) is 10.3.